The molecule has 0 saturated heterocycles. The maximum Gasteiger partial charge on any atom is 0.214 e. The summed E-state index contributed by atoms with van der Waals surface area (Å²) in [6.45, 7) is 0.259. The largest absolute Gasteiger partial charge is 0.439 e. The molecule has 0 spiro atoms. The standard InChI is InChI=1S/C17H10ClF2N3O/c18-11-3-1-10(2-4-11)16-7-21-17(24-16)8-23-9-22-14-5-12(19)13(20)6-15(14)23/h1-7,9H,8H2. The molecule has 7 heteroatoms. The van der Waals surface area contributed by atoms with E-state index in [1.807, 2.05) is 12.1 Å². The van der Waals surface area contributed by atoms with Crippen LogP contribution in [0.4, 0.5) is 8.78 Å². The van der Waals surface area contributed by atoms with E-state index < -0.39 is 11.6 Å². The van der Waals surface area contributed by atoms with E-state index in [1.54, 1.807) is 22.9 Å². The molecule has 0 aliphatic carbocycles. The third kappa shape index (κ3) is 2.65. The van der Waals surface area contributed by atoms with E-state index in [4.69, 9.17) is 16.0 Å². The van der Waals surface area contributed by atoms with E-state index in [0.717, 1.165) is 17.7 Å². The monoisotopic (exact) mass is 345 g/mol. The molecule has 0 unspecified atom stereocenters. The highest BCUT2D eigenvalue weighted by molar-refractivity contribution is 6.30. The molecule has 0 atom stereocenters. The second-order valence-corrected chi connectivity index (χ2v) is 5.69. The lowest BCUT2D eigenvalue weighted by Crippen LogP contribution is -1.98. The Morgan fingerprint density at radius 1 is 1.04 bits per heavy atom. The molecule has 2 aromatic carbocycles. The number of fused-ring (bicyclic) bond motifs is 1. The topological polar surface area (TPSA) is 43.9 Å². The molecule has 24 heavy (non-hydrogen) atoms. The third-order valence-electron chi connectivity index (χ3n) is 3.65. The molecule has 4 aromatic rings. The van der Waals surface area contributed by atoms with Crippen LogP contribution in [0.25, 0.3) is 22.4 Å². The Morgan fingerprint density at radius 3 is 2.58 bits per heavy atom. The number of hydrogen-bond acceptors (Lipinski definition) is 3. The van der Waals surface area contributed by atoms with Gasteiger partial charge < -0.3 is 8.98 Å². The van der Waals surface area contributed by atoms with Crippen molar-refractivity contribution in [3.8, 4) is 11.3 Å². The SMILES string of the molecule is Fc1cc2ncn(Cc3ncc(-c4ccc(Cl)cc4)o3)c2cc1F. The van der Waals surface area contributed by atoms with Gasteiger partial charge in [-0.25, -0.2) is 18.7 Å². The van der Waals surface area contributed by atoms with Crippen LogP contribution in [0.15, 0.2) is 53.3 Å². The molecule has 0 amide bonds. The van der Waals surface area contributed by atoms with Crippen LogP contribution in [0, 0.1) is 11.6 Å². The molecule has 0 saturated carbocycles. The van der Waals surface area contributed by atoms with Crippen molar-refractivity contribution in [3.05, 3.63) is 71.5 Å². The van der Waals surface area contributed by atoms with Crippen LogP contribution in [0.5, 0.6) is 0 Å². The minimum absolute atomic E-state index is 0.259. The van der Waals surface area contributed by atoms with Crippen LogP contribution in [0.1, 0.15) is 5.89 Å². The van der Waals surface area contributed by atoms with Gasteiger partial charge in [-0.3, -0.25) is 0 Å². The zero-order valence-corrected chi connectivity index (χ0v) is 13.0. The minimum Gasteiger partial charge on any atom is -0.439 e. The quantitative estimate of drug-likeness (QED) is 0.542. The van der Waals surface area contributed by atoms with Crippen LogP contribution in [-0.2, 0) is 6.54 Å². The van der Waals surface area contributed by atoms with Crippen LogP contribution in [0.3, 0.4) is 0 Å². The Balaban J connectivity index is 1.64. The number of halogens is 3. The average molecular weight is 346 g/mol. The van der Waals surface area contributed by atoms with E-state index in [-0.39, 0.29) is 6.54 Å². The van der Waals surface area contributed by atoms with Crippen molar-refractivity contribution in [2.75, 3.05) is 0 Å². The molecule has 2 heterocycles. The van der Waals surface area contributed by atoms with Gasteiger partial charge in [0.2, 0.25) is 5.89 Å². The molecule has 2 aromatic heterocycles. The second kappa shape index (κ2) is 5.72. The number of imidazole rings is 1. The zero-order chi connectivity index (χ0) is 16.7. The maximum atomic E-state index is 13.4. The summed E-state index contributed by atoms with van der Waals surface area (Å²) in [7, 11) is 0. The van der Waals surface area contributed by atoms with E-state index in [0.29, 0.717) is 27.7 Å². The maximum absolute atomic E-state index is 13.4. The molecule has 0 radical (unpaired) electrons. The van der Waals surface area contributed by atoms with Gasteiger partial charge in [-0.2, -0.15) is 0 Å². The van der Waals surface area contributed by atoms with Crippen molar-refractivity contribution in [1.29, 1.82) is 0 Å². The summed E-state index contributed by atoms with van der Waals surface area (Å²) >= 11 is 5.86. The van der Waals surface area contributed by atoms with Crippen LogP contribution >= 0.6 is 11.6 Å². The Kier molecular flexibility index (Phi) is 3.54. The molecule has 4 nitrogen and oxygen atoms in total. The first kappa shape index (κ1) is 14.8. The number of hydrogen-bond donors (Lipinski definition) is 0. The lowest BCUT2D eigenvalue weighted by Gasteiger charge is -2.01. The lowest BCUT2D eigenvalue weighted by atomic mass is 10.2. The van der Waals surface area contributed by atoms with Crippen LogP contribution in [0.2, 0.25) is 5.02 Å². The predicted molar refractivity (Wildman–Crippen MR) is 85.7 cm³/mol. The number of rotatable bonds is 3. The van der Waals surface area contributed by atoms with Gasteiger partial charge in [0.05, 0.1) is 23.6 Å². The summed E-state index contributed by atoms with van der Waals surface area (Å²) in [4.78, 5) is 8.28. The van der Waals surface area contributed by atoms with Crippen molar-refractivity contribution < 1.29 is 13.2 Å². The van der Waals surface area contributed by atoms with Crippen LogP contribution < -0.4 is 0 Å². The van der Waals surface area contributed by atoms with Crippen LogP contribution in [-0.4, -0.2) is 14.5 Å². The Hall–Kier alpha value is -2.73. The fraction of sp³-hybridized carbons (Fsp3) is 0.0588. The van der Waals surface area contributed by atoms with E-state index in [1.165, 1.54) is 6.33 Å². The highest BCUT2D eigenvalue weighted by Crippen LogP contribution is 2.23. The van der Waals surface area contributed by atoms with Crippen molar-refractivity contribution >= 4 is 22.6 Å². The van der Waals surface area contributed by atoms with E-state index in [2.05, 4.69) is 9.97 Å². The smallest absolute Gasteiger partial charge is 0.214 e. The third-order valence-corrected chi connectivity index (χ3v) is 3.90. The lowest BCUT2D eigenvalue weighted by molar-refractivity contribution is 0.490. The highest BCUT2D eigenvalue weighted by atomic mass is 35.5. The first-order valence-corrected chi connectivity index (χ1v) is 7.48. The zero-order valence-electron chi connectivity index (χ0n) is 12.2. The average Bonchev–Trinajstić information content (AvgIpc) is 3.17. The molecule has 4 rings (SSSR count). The first-order chi connectivity index (χ1) is 11.6. The highest BCUT2D eigenvalue weighted by Gasteiger charge is 2.12. The van der Waals surface area contributed by atoms with Crippen molar-refractivity contribution in [2.24, 2.45) is 0 Å². The van der Waals surface area contributed by atoms with Gasteiger partial charge in [0.15, 0.2) is 17.4 Å². The summed E-state index contributed by atoms with van der Waals surface area (Å²) in [5, 5.41) is 0.637. The fourth-order valence-corrected chi connectivity index (χ4v) is 2.58. The number of oxazole rings is 1. The van der Waals surface area contributed by atoms with E-state index in [9.17, 15) is 8.78 Å². The van der Waals surface area contributed by atoms with Gasteiger partial charge in [-0.1, -0.05) is 11.6 Å². The van der Waals surface area contributed by atoms with Gasteiger partial charge in [-0.15, -0.1) is 0 Å². The molecule has 0 fully saturated rings. The number of nitrogens with zero attached hydrogens (tertiary/aromatic N) is 3. The molecule has 120 valence electrons. The fourth-order valence-electron chi connectivity index (χ4n) is 2.46. The summed E-state index contributed by atoms with van der Waals surface area (Å²) in [6, 6.07) is 9.37. The number of benzene rings is 2. The Labute approximate surface area is 140 Å². The predicted octanol–water partition coefficient (Wildman–Crippen LogP) is 4.67. The molecular formula is C17H10ClF2N3O. The molecule has 0 N–H and O–H groups in total. The molecule has 0 aliphatic heterocycles. The number of aromatic nitrogens is 3. The minimum atomic E-state index is -0.922. The van der Waals surface area contributed by atoms with Gasteiger partial charge in [0.1, 0.15) is 6.54 Å². The normalized spacial score (nSPS) is 11.3. The Bertz CT molecular complexity index is 1020. The molecular weight excluding hydrogens is 336 g/mol. The summed E-state index contributed by atoms with van der Waals surface area (Å²) in [6.07, 6.45) is 3.10. The van der Waals surface area contributed by atoms with Crippen molar-refractivity contribution in [3.63, 3.8) is 0 Å². The van der Waals surface area contributed by atoms with E-state index >= 15 is 0 Å². The van der Waals surface area contributed by atoms with Gasteiger partial charge >= 0.3 is 0 Å². The van der Waals surface area contributed by atoms with Gasteiger partial charge in [0.25, 0.3) is 0 Å². The van der Waals surface area contributed by atoms with Crippen molar-refractivity contribution in [2.45, 2.75) is 6.54 Å². The summed E-state index contributed by atoms with van der Waals surface area (Å²) in [5.41, 5.74) is 1.69. The molecule has 0 aliphatic rings. The van der Waals surface area contributed by atoms with Crippen molar-refractivity contribution in [1.82, 2.24) is 14.5 Å². The molecule has 0 bridgehead atoms. The van der Waals surface area contributed by atoms with Gasteiger partial charge in [-0.05, 0) is 24.3 Å². The Morgan fingerprint density at radius 2 is 1.79 bits per heavy atom. The van der Waals surface area contributed by atoms with Gasteiger partial charge in [0, 0.05) is 22.7 Å². The second-order valence-electron chi connectivity index (χ2n) is 5.25. The first-order valence-electron chi connectivity index (χ1n) is 7.11. The summed E-state index contributed by atoms with van der Waals surface area (Å²) < 4.78 is 34.0. The summed E-state index contributed by atoms with van der Waals surface area (Å²) in [5.74, 6) is -0.806.